The van der Waals surface area contributed by atoms with Crippen LogP contribution >= 0.6 is 11.3 Å². The molecule has 1 N–H and O–H groups in total. The van der Waals surface area contributed by atoms with E-state index in [1.165, 1.54) is 53.7 Å². The molecule has 5 rings (SSSR count). The average Bonchev–Trinajstić information content (AvgIpc) is 3.61. The van der Waals surface area contributed by atoms with Crippen molar-refractivity contribution in [2.75, 3.05) is 0 Å². The van der Waals surface area contributed by atoms with Gasteiger partial charge in [0.25, 0.3) is 0 Å². The normalized spacial score (nSPS) is 11.6. The van der Waals surface area contributed by atoms with E-state index < -0.39 is 5.97 Å². The van der Waals surface area contributed by atoms with Gasteiger partial charge >= 0.3 is 5.97 Å². The number of carbonyl (C=O) groups is 1. The largest absolute Gasteiger partial charge is 0.486 e. The first-order chi connectivity index (χ1) is 20.4. The second-order valence-electron chi connectivity index (χ2n) is 11.2. The van der Waals surface area contributed by atoms with Gasteiger partial charge in [-0.1, -0.05) is 70.9 Å². The lowest BCUT2D eigenvalue weighted by Crippen LogP contribution is -2.03. The molecular formula is C35H39N3O3S. The van der Waals surface area contributed by atoms with Gasteiger partial charge in [0.2, 0.25) is 0 Å². The number of nitrogens with zero attached hydrogens (tertiary/aromatic N) is 3. The number of benzene rings is 3. The van der Waals surface area contributed by atoms with E-state index in [-0.39, 0.29) is 5.56 Å². The number of imidazole rings is 1. The fourth-order valence-electron chi connectivity index (χ4n) is 5.44. The minimum absolute atomic E-state index is 0.232. The number of carboxylic acids is 1. The number of thiazole rings is 1. The third kappa shape index (κ3) is 6.73. The minimum atomic E-state index is -0.955. The lowest BCUT2D eigenvalue weighted by Gasteiger charge is -2.16. The zero-order chi connectivity index (χ0) is 29.6. The second-order valence-corrected chi connectivity index (χ2v) is 12.1. The molecule has 3 aromatic carbocycles. The first-order valence-electron chi connectivity index (χ1n) is 14.9. The van der Waals surface area contributed by atoms with Gasteiger partial charge in [-0.2, -0.15) is 0 Å². The lowest BCUT2D eigenvalue weighted by molar-refractivity contribution is 0.0697. The Morgan fingerprint density at radius 3 is 2.26 bits per heavy atom. The van der Waals surface area contributed by atoms with Crippen molar-refractivity contribution in [3.63, 3.8) is 0 Å². The van der Waals surface area contributed by atoms with Crippen molar-refractivity contribution < 1.29 is 14.6 Å². The summed E-state index contributed by atoms with van der Waals surface area (Å²) in [6, 6.07) is 22.1. The molecule has 7 heteroatoms. The Hall–Kier alpha value is -3.97. The van der Waals surface area contributed by atoms with Crippen LogP contribution in [0, 0.1) is 0 Å². The van der Waals surface area contributed by atoms with E-state index >= 15 is 0 Å². The minimum Gasteiger partial charge on any atom is -0.486 e. The zero-order valence-electron chi connectivity index (χ0n) is 24.8. The number of ether oxygens (including phenoxy) is 1. The number of hydrogen-bond donors (Lipinski definition) is 1. The quantitative estimate of drug-likeness (QED) is 0.150. The molecule has 2 aromatic heterocycles. The molecule has 0 unspecified atom stereocenters. The van der Waals surface area contributed by atoms with E-state index in [4.69, 9.17) is 19.8 Å². The van der Waals surface area contributed by atoms with Crippen LogP contribution in [0.2, 0.25) is 0 Å². The standard InChI is InChI=1S/C35H39N3O3S/c1-5-7-26(8-6-2)28-15-18-32-30(19-28)37-34(38(32)20-24-9-11-25(12-10-24)23(3)4)31-22-42-33(36-31)21-41-29-16-13-27(14-17-29)35(39)40/h9-19,22-23,26H,5-8,20-21H2,1-4H3,(H,39,40). The fourth-order valence-corrected chi connectivity index (χ4v) is 6.12. The van der Waals surface area contributed by atoms with Crippen LogP contribution in [-0.4, -0.2) is 25.6 Å². The molecule has 218 valence electrons. The van der Waals surface area contributed by atoms with E-state index in [2.05, 4.69) is 74.7 Å². The molecule has 0 aliphatic rings. The van der Waals surface area contributed by atoms with E-state index in [0.717, 1.165) is 27.6 Å². The maximum atomic E-state index is 11.1. The highest BCUT2D eigenvalue weighted by Gasteiger charge is 2.19. The van der Waals surface area contributed by atoms with Gasteiger partial charge in [0, 0.05) is 11.9 Å². The van der Waals surface area contributed by atoms with Gasteiger partial charge in [-0.3, -0.25) is 0 Å². The third-order valence-electron chi connectivity index (χ3n) is 7.75. The smallest absolute Gasteiger partial charge is 0.335 e. The first kappa shape index (κ1) is 29.5. The molecule has 0 aliphatic carbocycles. The van der Waals surface area contributed by atoms with Gasteiger partial charge in [0.05, 0.1) is 16.6 Å². The van der Waals surface area contributed by atoms with Crippen LogP contribution in [-0.2, 0) is 13.2 Å². The summed E-state index contributed by atoms with van der Waals surface area (Å²) >= 11 is 1.54. The van der Waals surface area contributed by atoms with Crippen molar-refractivity contribution >= 4 is 28.3 Å². The van der Waals surface area contributed by atoms with Crippen LogP contribution in [0.15, 0.2) is 72.1 Å². The van der Waals surface area contributed by atoms with Gasteiger partial charge in [0.15, 0.2) is 5.82 Å². The number of hydrogen-bond acceptors (Lipinski definition) is 5. The molecule has 0 saturated heterocycles. The van der Waals surface area contributed by atoms with E-state index in [0.29, 0.717) is 30.7 Å². The lowest BCUT2D eigenvalue weighted by atomic mass is 9.90. The SMILES string of the molecule is CCCC(CCC)c1ccc2c(c1)nc(-c1csc(COc3ccc(C(=O)O)cc3)n1)n2Cc1ccc(C(C)C)cc1. The van der Waals surface area contributed by atoms with Gasteiger partial charge in [-0.25, -0.2) is 14.8 Å². The predicted molar refractivity (Wildman–Crippen MR) is 171 cm³/mol. The molecule has 5 aromatic rings. The molecule has 0 saturated carbocycles. The van der Waals surface area contributed by atoms with Crippen LogP contribution in [0.3, 0.4) is 0 Å². The number of aromatic carboxylic acids is 1. The molecule has 6 nitrogen and oxygen atoms in total. The summed E-state index contributed by atoms with van der Waals surface area (Å²) < 4.78 is 8.19. The summed E-state index contributed by atoms with van der Waals surface area (Å²) in [7, 11) is 0. The van der Waals surface area contributed by atoms with E-state index in [1.807, 2.05) is 5.38 Å². The third-order valence-corrected chi connectivity index (χ3v) is 8.57. The molecule has 0 atom stereocenters. The molecular weight excluding hydrogens is 542 g/mol. The summed E-state index contributed by atoms with van der Waals surface area (Å²) in [5, 5.41) is 12.0. The van der Waals surface area contributed by atoms with Gasteiger partial charge < -0.3 is 14.4 Å². The van der Waals surface area contributed by atoms with Crippen molar-refractivity contribution in [2.24, 2.45) is 0 Å². The molecule has 42 heavy (non-hydrogen) atoms. The topological polar surface area (TPSA) is 77.2 Å². The number of fused-ring (bicyclic) bond motifs is 1. The van der Waals surface area contributed by atoms with Gasteiger partial charge in [-0.15, -0.1) is 11.3 Å². The Morgan fingerprint density at radius 2 is 1.62 bits per heavy atom. The summed E-state index contributed by atoms with van der Waals surface area (Å²) in [6.07, 6.45) is 4.71. The Kier molecular flexibility index (Phi) is 9.38. The van der Waals surface area contributed by atoms with Gasteiger partial charge in [0.1, 0.15) is 23.1 Å². The molecule has 0 fully saturated rings. The van der Waals surface area contributed by atoms with Crippen LogP contribution in [0.25, 0.3) is 22.6 Å². The van der Waals surface area contributed by atoms with Crippen LogP contribution < -0.4 is 4.74 Å². The summed E-state index contributed by atoms with van der Waals surface area (Å²) in [4.78, 5) is 21.2. The van der Waals surface area contributed by atoms with E-state index in [1.54, 1.807) is 24.3 Å². The number of carboxylic acid groups (broad SMARTS) is 1. The van der Waals surface area contributed by atoms with E-state index in [9.17, 15) is 4.79 Å². The summed E-state index contributed by atoms with van der Waals surface area (Å²) in [5.74, 6) is 1.55. The highest BCUT2D eigenvalue weighted by atomic mass is 32.1. The molecule has 0 bridgehead atoms. The van der Waals surface area contributed by atoms with Crippen LogP contribution in [0.1, 0.15) is 97.3 Å². The maximum absolute atomic E-state index is 11.1. The number of aromatic nitrogens is 3. The fraction of sp³-hybridized carbons (Fsp3) is 0.343. The first-order valence-corrected chi connectivity index (χ1v) is 15.7. The average molecular weight is 582 g/mol. The monoisotopic (exact) mass is 581 g/mol. The van der Waals surface area contributed by atoms with Crippen LogP contribution in [0.4, 0.5) is 0 Å². The molecule has 0 spiro atoms. The van der Waals surface area contributed by atoms with Crippen molar-refractivity contribution in [3.8, 4) is 17.3 Å². The highest BCUT2D eigenvalue weighted by Crippen LogP contribution is 2.32. The number of rotatable bonds is 13. The molecule has 0 radical (unpaired) electrons. The Morgan fingerprint density at radius 1 is 0.929 bits per heavy atom. The highest BCUT2D eigenvalue weighted by molar-refractivity contribution is 7.09. The second kappa shape index (κ2) is 13.3. The van der Waals surface area contributed by atoms with Crippen molar-refractivity contribution in [3.05, 3.63) is 99.4 Å². The maximum Gasteiger partial charge on any atom is 0.335 e. The zero-order valence-corrected chi connectivity index (χ0v) is 25.7. The Labute approximate surface area is 252 Å². The molecule has 0 aliphatic heterocycles. The van der Waals surface area contributed by atoms with Crippen LogP contribution in [0.5, 0.6) is 5.75 Å². The summed E-state index contributed by atoms with van der Waals surface area (Å²) in [5.41, 5.74) is 7.09. The van der Waals surface area contributed by atoms with Gasteiger partial charge in [-0.05, 0) is 77.8 Å². The Balaban J connectivity index is 1.46. The predicted octanol–water partition coefficient (Wildman–Crippen LogP) is 9.29. The molecule has 0 amide bonds. The van der Waals surface area contributed by atoms with Crippen molar-refractivity contribution in [2.45, 2.75) is 78.4 Å². The van der Waals surface area contributed by atoms with Crippen molar-refractivity contribution in [1.82, 2.24) is 14.5 Å². The molecule has 2 heterocycles. The Bertz CT molecular complexity index is 1630. The summed E-state index contributed by atoms with van der Waals surface area (Å²) in [6.45, 7) is 9.95. The van der Waals surface area contributed by atoms with Crippen molar-refractivity contribution in [1.29, 1.82) is 0 Å².